The Morgan fingerprint density at radius 2 is 2.00 bits per heavy atom. The number of thioether (sulfide) groups is 1. The van der Waals surface area contributed by atoms with E-state index in [0.29, 0.717) is 6.54 Å². The fourth-order valence-corrected chi connectivity index (χ4v) is 1.78. The first-order valence-electron chi connectivity index (χ1n) is 5.58. The van der Waals surface area contributed by atoms with E-state index in [1.807, 2.05) is 6.26 Å². The van der Waals surface area contributed by atoms with Crippen LogP contribution < -0.4 is 10.6 Å². The Balaban J connectivity index is 2.36. The molecule has 1 aromatic carbocycles. The number of hydrogen-bond donors (Lipinski definition) is 2. The van der Waals surface area contributed by atoms with Crippen molar-refractivity contribution < 1.29 is 13.6 Å². The Morgan fingerprint density at radius 3 is 2.61 bits per heavy atom. The predicted octanol–water partition coefficient (Wildman–Crippen LogP) is 2.25. The van der Waals surface area contributed by atoms with Crippen LogP contribution in [0, 0.1) is 11.6 Å². The van der Waals surface area contributed by atoms with Crippen LogP contribution in [0.4, 0.5) is 14.5 Å². The molecule has 0 aromatic heterocycles. The lowest BCUT2D eigenvalue weighted by Crippen LogP contribution is -2.29. The van der Waals surface area contributed by atoms with Gasteiger partial charge in [-0.05, 0) is 37.1 Å². The largest absolute Gasteiger partial charge is 0.320 e. The van der Waals surface area contributed by atoms with Gasteiger partial charge in [-0.15, -0.1) is 0 Å². The summed E-state index contributed by atoms with van der Waals surface area (Å²) in [6, 6.07) is 3.45. The first-order valence-corrected chi connectivity index (χ1v) is 6.98. The smallest absolute Gasteiger partial charge is 0.238 e. The van der Waals surface area contributed by atoms with Crippen molar-refractivity contribution in [1.82, 2.24) is 5.32 Å². The van der Waals surface area contributed by atoms with E-state index in [2.05, 4.69) is 10.6 Å². The minimum Gasteiger partial charge on any atom is -0.320 e. The third-order valence-electron chi connectivity index (χ3n) is 2.21. The quantitative estimate of drug-likeness (QED) is 0.749. The molecule has 0 saturated heterocycles. The van der Waals surface area contributed by atoms with Gasteiger partial charge in [0.25, 0.3) is 0 Å². The van der Waals surface area contributed by atoms with Gasteiger partial charge in [-0.3, -0.25) is 4.79 Å². The Hall–Kier alpha value is -1.14. The molecular weight excluding hydrogens is 258 g/mol. The zero-order valence-corrected chi connectivity index (χ0v) is 10.9. The predicted molar refractivity (Wildman–Crippen MR) is 70.9 cm³/mol. The summed E-state index contributed by atoms with van der Waals surface area (Å²) in [5.41, 5.74) is -0.395. The highest BCUT2D eigenvalue weighted by Gasteiger charge is 2.11. The van der Waals surface area contributed by atoms with E-state index in [4.69, 9.17) is 0 Å². The van der Waals surface area contributed by atoms with Gasteiger partial charge in [0.1, 0.15) is 17.3 Å². The third kappa shape index (κ3) is 5.01. The number of para-hydroxylation sites is 1. The molecule has 0 aliphatic heterocycles. The molecule has 18 heavy (non-hydrogen) atoms. The minimum absolute atomic E-state index is 0.0438. The highest BCUT2D eigenvalue weighted by atomic mass is 32.2. The van der Waals surface area contributed by atoms with Crippen molar-refractivity contribution >= 4 is 23.4 Å². The van der Waals surface area contributed by atoms with Crippen LogP contribution >= 0.6 is 11.8 Å². The average Bonchev–Trinajstić information content (AvgIpc) is 2.34. The molecule has 6 heteroatoms. The number of rotatable bonds is 7. The molecule has 0 spiro atoms. The molecule has 0 atom stereocenters. The van der Waals surface area contributed by atoms with E-state index in [-0.39, 0.29) is 6.54 Å². The van der Waals surface area contributed by atoms with E-state index in [1.165, 1.54) is 6.07 Å². The lowest BCUT2D eigenvalue weighted by atomic mass is 10.3. The fraction of sp³-hybridized carbons (Fsp3) is 0.417. The molecule has 1 amide bonds. The van der Waals surface area contributed by atoms with Crippen molar-refractivity contribution in [3.63, 3.8) is 0 Å². The number of benzene rings is 1. The molecular formula is C12H16F2N2OS. The summed E-state index contributed by atoms with van der Waals surface area (Å²) in [4.78, 5) is 11.4. The first kappa shape index (κ1) is 14.9. The number of carbonyl (C=O) groups excluding carboxylic acids is 1. The number of halogens is 2. The number of nitrogens with one attached hydrogen (secondary N) is 2. The summed E-state index contributed by atoms with van der Waals surface area (Å²) in [6.45, 7) is 0.746. The van der Waals surface area contributed by atoms with Gasteiger partial charge in [0, 0.05) is 0 Å². The monoisotopic (exact) mass is 274 g/mol. The maximum atomic E-state index is 13.2. The maximum Gasteiger partial charge on any atom is 0.238 e. The Kier molecular flexibility index (Phi) is 6.67. The van der Waals surface area contributed by atoms with Gasteiger partial charge < -0.3 is 10.6 Å². The molecule has 1 rings (SSSR count). The Labute approximate surface area is 109 Å². The van der Waals surface area contributed by atoms with Crippen LogP contribution in [-0.4, -0.2) is 31.0 Å². The number of hydrogen-bond acceptors (Lipinski definition) is 3. The zero-order valence-electron chi connectivity index (χ0n) is 10.1. The van der Waals surface area contributed by atoms with Crippen LogP contribution in [0.25, 0.3) is 0 Å². The van der Waals surface area contributed by atoms with Gasteiger partial charge in [-0.1, -0.05) is 6.07 Å². The van der Waals surface area contributed by atoms with Crippen LogP contribution in [0.3, 0.4) is 0 Å². The molecule has 3 nitrogen and oxygen atoms in total. The molecule has 0 aliphatic carbocycles. The third-order valence-corrected chi connectivity index (χ3v) is 2.91. The van der Waals surface area contributed by atoms with Gasteiger partial charge >= 0.3 is 0 Å². The van der Waals surface area contributed by atoms with Crippen LogP contribution in [-0.2, 0) is 4.79 Å². The molecule has 0 aliphatic rings. The molecule has 0 radical (unpaired) electrons. The summed E-state index contributed by atoms with van der Waals surface area (Å²) in [5.74, 6) is -0.990. The lowest BCUT2D eigenvalue weighted by molar-refractivity contribution is -0.115. The summed E-state index contributed by atoms with van der Waals surface area (Å²) in [5, 5.41) is 5.12. The van der Waals surface area contributed by atoms with Gasteiger partial charge in [0.05, 0.1) is 6.54 Å². The number of carbonyl (C=O) groups is 1. The minimum atomic E-state index is -0.772. The Morgan fingerprint density at radius 1 is 1.33 bits per heavy atom. The highest BCUT2D eigenvalue weighted by Crippen LogP contribution is 2.17. The molecule has 0 saturated carbocycles. The number of anilines is 1. The molecule has 100 valence electrons. The second-order valence-corrected chi connectivity index (χ2v) is 4.65. The van der Waals surface area contributed by atoms with Crippen molar-refractivity contribution in [2.45, 2.75) is 6.42 Å². The highest BCUT2D eigenvalue weighted by molar-refractivity contribution is 7.98. The standard InChI is InChI=1S/C12H16F2N2OS/c1-18-7-3-6-15-8-11(17)16-12-9(13)4-2-5-10(12)14/h2,4-5,15H,3,6-8H2,1H3,(H,16,17). The summed E-state index contributed by atoms with van der Waals surface area (Å²) in [6.07, 6.45) is 2.95. The molecule has 0 bridgehead atoms. The van der Waals surface area contributed by atoms with Crippen LogP contribution in [0.5, 0.6) is 0 Å². The van der Waals surface area contributed by atoms with Gasteiger partial charge in [-0.25, -0.2) is 8.78 Å². The van der Waals surface area contributed by atoms with Crippen LogP contribution in [0.15, 0.2) is 18.2 Å². The van der Waals surface area contributed by atoms with E-state index in [9.17, 15) is 13.6 Å². The van der Waals surface area contributed by atoms with E-state index < -0.39 is 23.2 Å². The maximum absolute atomic E-state index is 13.2. The second kappa shape index (κ2) is 8.05. The Bertz CT molecular complexity index is 381. The van der Waals surface area contributed by atoms with E-state index in [1.54, 1.807) is 11.8 Å². The van der Waals surface area contributed by atoms with Gasteiger partial charge in [0.15, 0.2) is 0 Å². The normalized spacial score (nSPS) is 10.4. The molecule has 0 heterocycles. The average molecular weight is 274 g/mol. The van der Waals surface area contributed by atoms with Crippen molar-refractivity contribution in [3.8, 4) is 0 Å². The number of amides is 1. The molecule has 0 unspecified atom stereocenters. The first-order chi connectivity index (χ1) is 8.65. The second-order valence-electron chi connectivity index (χ2n) is 3.67. The SMILES string of the molecule is CSCCCNCC(=O)Nc1c(F)cccc1F. The topological polar surface area (TPSA) is 41.1 Å². The van der Waals surface area contributed by atoms with E-state index >= 15 is 0 Å². The molecule has 1 aromatic rings. The van der Waals surface area contributed by atoms with Gasteiger partial charge in [0.2, 0.25) is 5.91 Å². The van der Waals surface area contributed by atoms with E-state index in [0.717, 1.165) is 24.3 Å². The summed E-state index contributed by atoms with van der Waals surface area (Å²) >= 11 is 1.73. The molecule has 2 N–H and O–H groups in total. The van der Waals surface area contributed by atoms with Crippen molar-refractivity contribution in [2.24, 2.45) is 0 Å². The fourth-order valence-electron chi connectivity index (χ4n) is 1.34. The van der Waals surface area contributed by atoms with Crippen molar-refractivity contribution in [2.75, 3.05) is 30.4 Å². The van der Waals surface area contributed by atoms with Crippen molar-refractivity contribution in [3.05, 3.63) is 29.8 Å². The molecule has 0 fully saturated rings. The zero-order chi connectivity index (χ0) is 13.4. The summed E-state index contributed by atoms with van der Waals surface area (Å²) < 4.78 is 26.4. The van der Waals surface area contributed by atoms with Gasteiger partial charge in [-0.2, -0.15) is 11.8 Å². The van der Waals surface area contributed by atoms with Crippen LogP contribution in [0.2, 0.25) is 0 Å². The van der Waals surface area contributed by atoms with Crippen molar-refractivity contribution in [1.29, 1.82) is 0 Å². The van der Waals surface area contributed by atoms with Crippen LogP contribution in [0.1, 0.15) is 6.42 Å². The lowest BCUT2D eigenvalue weighted by Gasteiger charge is -2.08. The summed E-state index contributed by atoms with van der Waals surface area (Å²) in [7, 11) is 0.